The van der Waals surface area contributed by atoms with E-state index in [9.17, 15) is 0 Å². The molecule has 1 aliphatic rings. The van der Waals surface area contributed by atoms with Crippen molar-refractivity contribution in [2.75, 3.05) is 19.6 Å². The number of rotatable bonds is 6. The van der Waals surface area contributed by atoms with E-state index in [-0.39, 0.29) is 0 Å². The summed E-state index contributed by atoms with van der Waals surface area (Å²) in [6.45, 7) is 7.77. The van der Waals surface area contributed by atoms with Gasteiger partial charge < -0.3 is 5.32 Å². The Kier molecular flexibility index (Phi) is 5.86. The van der Waals surface area contributed by atoms with Crippen LogP contribution in [-0.4, -0.2) is 24.5 Å². The summed E-state index contributed by atoms with van der Waals surface area (Å²) >= 11 is 0. The summed E-state index contributed by atoms with van der Waals surface area (Å²) in [5, 5.41) is 6.43. The minimum absolute atomic E-state index is 0.800. The van der Waals surface area contributed by atoms with Crippen molar-refractivity contribution in [2.45, 2.75) is 32.9 Å². The first kappa shape index (κ1) is 18.2. The second-order valence-electron chi connectivity index (χ2n) is 7.97. The van der Waals surface area contributed by atoms with Crippen molar-refractivity contribution in [2.24, 2.45) is 5.92 Å². The maximum atomic E-state index is 3.72. The summed E-state index contributed by atoms with van der Waals surface area (Å²) in [5.41, 5.74) is 4.19. The van der Waals surface area contributed by atoms with Crippen molar-refractivity contribution in [1.29, 1.82) is 0 Å². The lowest BCUT2D eigenvalue weighted by molar-refractivity contribution is 0.175. The van der Waals surface area contributed by atoms with Crippen molar-refractivity contribution in [3.63, 3.8) is 0 Å². The Bertz CT molecular complexity index is 856. The summed E-state index contributed by atoms with van der Waals surface area (Å²) in [7, 11) is 0. The molecule has 27 heavy (non-hydrogen) atoms. The molecule has 140 valence electrons. The third kappa shape index (κ3) is 4.77. The fraction of sp³-hybridized carbons (Fsp3) is 0.360. The number of fused-ring (bicyclic) bond motifs is 1. The van der Waals surface area contributed by atoms with E-state index in [2.05, 4.69) is 83.9 Å². The predicted octanol–water partition coefficient (Wildman–Crippen LogP) is 5.15. The van der Waals surface area contributed by atoms with E-state index in [1.54, 1.807) is 0 Å². The van der Waals surface area contributed by atoms with Gasteiger partial charge in [0.1, 0.15) is 0 Å². The van der Waals surface area contributed by atoms with Gasteiger partial charge in [0, 0.05) is 13.1 Å². The van der Waals surface area contributed by atoms with Crippen LogP contribution < -0.4 is 5.32 Å². The van der Waals surface area contributed by atoms with Gasteiger partial charge in [-0.2, -0.15) is 0 Å². The summed E-state index contributed by atoms with van der Waals surface area (Å²) < 4.78 is 0. The summed E-state index contributed by atoms with van der Waals surface area (Å²) in [6, 6.07) is 24.3. The second kappa shape index (κ2) is 8.69. The molecule has 0 atom stereocenters. The van der Waals surface area contributed by atoms with Crippen LogP contribution >= 0.6 is 0 Å². The molecule has 0 radical (unpaired) electrons. The van der Waals surface area contributed by atoms with Crippen molar-refractivity contribution in [1.82, 2.24) is 10.2 Å². The fourth-order valence-electron chi connectivity index (χ4n) is 4.16. The zero-order valence-electron chi connectivity index (χ0n) is 16.3. The van der Waals surface area contributed by atoms with Gasteiger partial charge in [-0.25, -0.2) is 0 Å². The van der Waals surface area contributed by atoms with Gasteiger partial charge >= 0.3 is 0 Å². The molecule has 2 nitrogen and oxygen atoms in total. The molecule has 4 rings (SSSR count). The van der Waals surface area contributed by atoms with Crippen LogP contribution in [0.1, 0.15) is 29.5 Å². The molecule has 2 heteroatoms. The van der Waals surface area contributed by atoms with Gasteiger partial charge in [-0.05, 0) is 67.2 Å². The Balaban J connectivity index is 1.23. The third-order valence-corrected chi connectivity index (χ3v) is 5.86. The van der Waals surface area contributed by atoms with Crippen LogP contribution in [0.3, 0.4) is 0 Å². The Morgan fingerprint density at radius 3 is 2.44 bits per heavy atom. The minimum atomic E-state index is 0.800. The van der Waals surface area contributed by atoms with Gasteiger partial charge in [0.25, 0.3) is 0 Å². The first-order valence-corrected chi connectivity index (χ1v) is 10.2. The number of hydrogen-bond donors (Lipinski definition) is 1. The number of likely N-dealkylation sites (tertiary alicyclic amines) is 1. The largest absolute Gasteiger partial charge is 0.312 e. The molecule has 0 amide bonds. The quantitative estimate of drug-likeness (QED) is 0.655. The number of piperidine rings is 1. The van der Waals surface area contributed by atoms with E-state index in [4.69, 9.17) is 0 Å². The molecule has 0 unspecified atom stereocenters. The van der Waals surface area contributed by atoms with Gasteiger partial charge in [0.2, 0.25) is 0 Å². The Labute approximate surface area is 163 Å². The van der Waals surface area contributed by atoms with Crippen LogP contribution in [0, 0.1) is 12.8 Å². The summed E-state index contributed by atoms with van der Waals surface area (Å²) in [5.74, 6) is 0.800. The van der Waals surface area contributed by atoms with Crippen LogP contribution in [-0.2, 0) is 13.1 Å². The van der Waals surface area contributed by atoms with Crippen molar-refractivity contribution in [3.05, 3.63) is 83.4 Å². The summed E-state index contributed by atoms with van der Waals surface area (Å²) in [6.07, 6.45) is 2.60. The Morgan fingerprint density at radius 1 is 0.889 bits per heavy atom. The molecule has 1 saturated heterocycles. The fourth-order valence-corrected chi connectivity index (χ4v) is 4.16. The highest BCUT2D eigenvalue weighted by molar-refractivity contribution is 5.85. The standard InChI is InChI=1S/C25H30N2/c1-20-9-11-22(12-10-20)19-27-15-13-21(14-16-27)17-26-18-24-7-4-6-23-5-2-3-8-25(23)24/h2-12,21,26H,13-19H2,1H3. The molecule has 3 aromatic carbocycles. The van der Waals surface area contributed by atoms with Crippen molar-refractivity contribution >= 4 is 10.8 Å². The van der Waals surface area contributed by atoms with Gasteiger partial charge in [0.15, 0.2) is 0 Å². The van der Waals surface area contributed by atoms with Crippen LogP contribution in [0.5, 0.6) is 0 Å². The van der Waals surface area contributed by atoms with Crippen molar-refractivity contribution < 1.29 is 0 Å². The average Bonchev–Trinajstić information content (AvgIpc) is 2.71. The molecule has 0 spiro atoms. The number of nitrogens with zero attached hydrogens (tertiary/aromatic N) is 1. The van der Waals surface area contributed by atoms with Crippen LogP contribution in [0.15, 0.2) is 66.7 Å². The highest BCUT2D eigenvalue weighted by Gasteiger charge is 2.19. The number of nitrogens with one attached hydrogen (secondary N) is 1. The van der Waals surface area contributed by atoms with Gasteiger partial charge in [-0.1, -0.05) is 72.3 Å². The molecule has 1 aliphatic heterocycles. The molecule has 1 heterocycles. The molecule has 1 fully saturated rings. The second-order valence-corrected chi connectivity index (χ2v) is 7.97. The number of hydrogen-bond acceptors (Lipinski definition) is 2. The molecular formula is C25H30N2. The monoisotopic (exact) mass is 358 g/mol. The van der Waals surface area contributed by atoms with Crippen LogP contribution in [0.2, 0.25) is 0 Å². The van der Waals surface area contributed by atoms with Crippen LogP contribution in [0.4, 0.5) is 0 Å². The Morgan fingerprint density at radius 2 is 1.63 bits per heavy atom. The van der Waals surface area contributed by atoms with E-state index >= 15 is 0 Å². The maximum absolute atomic E-state index is 3.72. The molecule has 0 bridgehead atoms. The van der Waals surface area contributed by atoms with Gasteiger partial charge in [-0.15, -0.1) is 0 Å². The van der Waals surface area contributed by atoms with E-state index in [1.807, 2.05) is 0 Å². The maximum Gasteiger partial charge on any atom is 0.0233 e. The van der Waals surface area contributed by atoms with E-state index in [0.29, 0.717) is 0 Å². The average molecular weight is 359 g/mol. The number of aryl methyl sites for hydroxylation is 1. The van der Waals surface area contributed by atoms with Gasteiger partial charge in [-0.3, -0.25) is 4.90 Å². The third-order valence-electron chi connectivity index (χ3n) is 5.86. The van der Waals surface area contributed by atoms with E-state index in [0.717, 1.165) is 25.6 Å². The zero-order valence-corrected chi connectivity index (χ0v) is 16.3. The minimum Gasteiger partial charge on any atom is -0.312 e. The highest BCUT2D eigenvalue weighted by atomic mass is 15.1. The lowest BCUT2D eigenvalue weighted by atomic mass is 9.96. The number of benzene rings is 3. The highest BCUT2D eigenvalue weighted by Crippen LogP contribution is 2.20. The summed E-state index contributed by atoms with van der Waals surface area (Å²) in [4.78, 5) is 2.60. The van der Waals surface area contributed by atoms with Crippen LogP contribution in [0.25, 0.3) is 10.8 Å². The lowest BCUT2D eigenvalue weighted by Crippen LogP contribution is -2.36. The molecule has 1 N–H and O–H groups in total. The molecule has 0 aromatic heterocycles. The first-order chi connectivity index (χ1) is 13.3. The van der Waals surface area contributed by atoms with Gasteiger partial charge in [0.05, 0.1) is 0 Å². The molecule has 3 aromatic rings. The molecular weight excluding hydrogens is 328 g/mol. The van der Waals surface area contributed by atoms with E-state index < -0.39 is 0 Å². The molecule has 0 saturated carbocycles. The van der Waals surface area contributed by atoms with Crippen molar-refractivity contribution in [3.8, 4) is 0 Å². The lowest BCUT2D eigenvalue weighted by Gasteiger charge is -2.32. The Hall–Kier alpha value is -2.16. The van der Waals surface area contributed by atoms with E-state index in [1.165, 1.54) is 53.4 Å². The first-order valence-electron chi connectivity index (χ1n) is 10.2. The molecule has 0 aliphatic carbocycles. The smallest absolute Gasteiger partial charge is 0.0233 e. The SMILES string of the molecule is Cc1ccc(CN2CCC(CNCc3cccc4ccccc34)CC2)cc1. The predicted molar refractivity (Wildman–Crippen MR) is 115 cm³/mol. The topological polar surface area (TPSA) is 15.3 Å². The normalized spacial score (nSPS) is 16.0. The zero-order chi connectivity index (χ0) is 18.5.